The second kappa shape index (κ2) is 6.78. The summed E-state index contributed by atoms with van der Waals surface area (Å²) >= 11 is 0. The van der Waals surface area contributed by atoms with Gasteiger partial charge in [-0.2, -0.15) is 0 Å². The van der Waals surface area contributed by atoms with Crippen molar-refractivity contribution < 1.29 is 9.47 Å². The molecule has 112 valence electrons. The van der Waals surface area contributed by atoms with E-state index in [2.05, 4.69) is 15.3 Å². The Hall–Kier alpha value is -2.50. The van der Waals surface area contributed by atoms with E-state index in [1.54, 1.807) is 14.2 Å². The van der Waals surface area contributed by atoms with Crippen LogP contribution in [-0.4, -0.2) is 37.8 Å². The van der Waals surface area contributed by atoms with Gasteiger partial charge in [0.05, 0.1) is 19.9 Å². The summed E-state index contributed by atoms with van der Waals surface area (Å²) in [4.78, 5) is 10.5. The number of nitrogens with zero attached hydrogens (tertiary/aromatic N) is 3. The van der Waals surface area contributed by atoms with E-state index < -0.39 is 0 Å². The van der Waals surface area contributed by atoms with Gasteiger partial charge in [-0.25, -0.2) is 9.97 Å². The lowest BCUT2D eigenvalue weighted by molar-refractivity contribution is 0.411. The first-order valence-electron chi connectivity index (χ1n) is 6.72. The molecule has 0 radical (unpaired) electrons. The quantitative estimate of drug-likeness (QED) is 0.882. The summed E-state index contributed by atoms with van der Waals surface area (Å²) in [6.07, 6.45) is 1.52. The molecule has 0 fully saturated rings. The molecule has 0 saturated carbocycles. The van der Waals surface area contributed by atoms with Gasteiger partial charge in [0.15, 0.2) is 11.6 Å². The van der Waals surface area contributed by atoms with Crippen LogP contribution in [0.5, 0.6) is 11.5 Å². The zero-order valence-corrected chi connectivity index (χ0v) is 12.8. The maximum Gasteiger partial charge on any atom is 0.204 e. The van der Waals surface area contributed by atoms with Crippen LogP contribution in [0.1, 0.15) is 6.92 Å². The van der Waals surface area contributed by atoms with Crippen molar-refractivity contribution >= 4 is 17.3 Å². The highest BCUT2D eigenvalue weighted by molar-refractivity contribution is 5.74. The van der Waals surface area contributed by atoms with Gasteiger partial charge in [-0.3, -0.25) is 0 Å². The topological polar surface area (TPSA) is 59.5 Å². The SMILES string of the molecule is CCNc1ncnc(N(C)c2ccccc2OC)c1OC. The highest BCUT2D eigenvalue weighted by atomic mass is 16.5. The zero-order valence-electron chi connectivity index (χ0n) is 12.8. The molecule has 0 aliphatic carbocycles. The number of anilines is 3. The first kappa shape index (κ1) is 14.9. The Morgan fingerprint density at radius 1 is 1.14 bits per heavy atom. The fourth-order valence-corrected chi connectivity index (χ4v) is 2.11. The van der Waals surface area contributed by atoms with Crippen molar-refractivity contribution in [3.63, 3.8) is 0 Å². The molecule has 6 nitrogen and oxygen atoms in total. The predicted molar refractivity (Wildman–Crippen MR) is 83.8 cm³/mol. The Morgan fingerprint density at radius 3 is 2.57 bits per heavy atom. The van der Waals surface area contributed by atoms with Gasteiger partial charge in [0.1, 0.15) is 12.1 Å². The molecule has 0 aliphatic heterocycles. The number of ether oxygens (including phenoxy) is 2. The molecule has 1 aromatic heterocycles. The first-order valence-corrected chi connectivity index (χ1v) is 6.72. The Balaban J connectivity index is 2.47. The molecule has 0 bridgehead atoms. The second-order valence-corrected chi connectivity index (χ2v) is 4.34. The van der Waals surface area contributed by atoms with Crippen molar-refractivity contribution in [2.75, 3.05) is 38.0 Å². The largest absolute Gasteiger partial charge is 0.495 e. The molecule has 1 heterocycles. The molecule has 0 spiro atoms. The van der Waals surface area contributed by atoms with E-state index in [0.717, 1.165) is 18.0 Å². The number of benzene rings is 1. The molecule has 1 N–H and O–H groups in total. The molecule has 6 heteroatoms. The normalized spacial score (nSPS) is 10.1. The van der Waals surface area contributed by atoms with Crippen LogP contribution in [0.25, 0.3) is 0 Å². The van der Waals surface area contributed by atoms with Gasteiger partial charge < -0.3 is 19.7 Å². The number of aromatic nitrogens is 2. The van der Waals surface area contributed by atoms with Gasteiger partial charge in [0.25, 0.3) is 0 Å². The van der Waals surface area contributed by atoms with Crippen molar-refractivity contribution in [2.45, 2.75) is 6.92 Å². The number of hydrogen-bond acceptors (Lipinski definition) is 6. The maximum absolute atomic E-state index is 5.48. The fraction of sp³-hybridized carbons (Fsp3) is 0.333. The summed E-state index contributed by atoms with van der Waals surface area (Å²) in [5, 5.41) is 3.17. The van der Waals surface area contributed by atoms with Gasteiger partial charge in [0, 0.05) is 13.6 Å². The lowest BCUT2D eigenvalue weighted by Crippen LogP contribution is -2.15. The number of rotatable bonds is 6. The molecule has 0 atom stereocenters. The van der Waals surface area contributed by atoms with E-state index in [4.69, 9.17) is 9.47 Å². The van der Waals surface area contributed by atoms with Gasteiger partial charge >= 0.3 is 0 Å². The minimum absolute atomic E-state index is 0.604. The minimum Gasteiger partial charge on any atom is -0.495 e. The van der Waals surface area contributed by atoms with Crippen LogP contribution in [0.4, 0.5) is 17.3 Å². The summed E-state index contributed by atoms with van der Waals surface area (Å²) in [6, 6.07) is 7.75. The molecule has 2 rings (SSSR count). The number of methoxy groups -OCH3 is 2. The lowest BCUT2D eigenvalue weighted by atomic mass is 10.2. The van der Waals surface area contributed by atoms with Crippen molar-refractivity contribution in [3.8, 4) is 11.5 Å². The number of para-hydroxylation sites is 2. The summed E-state index contributed by atoms with van der Waals surface area (Å²) in [6.45, 7) is 2.76. The monoisotopic (exact) mass is 288 g/mol. The van der Waals surface area contributed by atoms with Crippen molar-refractivity contribution in [1.82, 2.24) is 9.97 Å². The molecule has 1 aromatic carbocycles. The van der Waals surface area contributed by atoms with Crippen LogP contribution in [0.15, 0.2) is 30.6 Å². The summed E-state index contributed by atoms with van der Waals surface area (Å²) in [5.74, 6) is 2.72. The predicted octanol–water partition coefficient (Wildman–Crippen LogP) is 2.69. The van der Waals surface area contributed by atoms with E-state index in [1.165, 1.54) is 6.33 Å². The second-order valence-electron chi connectivity index (χ2n) is 4.34. The van der Waals surface area contributed by atoms with E-state index in [-0.39, 0.29) is 0 Å². The molecular weight excluding hydrogens is 268 g/mol. The third kappa shape index (κ3) is 2.99. The van der Waals surface area contributed by atoms with Crippen LogP contribution in [0.2, 0.25) is 0 Å². The number of hydrogen-bond donors (Lipinski definition) is 1. The van der Waals surface area contributed by atoms with Crippen molar-refractivity contribution in [3.05, 3.63) is 30.6 Å². The number of nitrogens with one attached hydrogen (secondary N) is 1. The Morgan fingerprint density at radius 2 is 1.90 bits per heavy atom. The standard InChI is InChI=1S/C15H20N4O2/c1-5-16-14-13(21-4)15(18-10-17-14)19(2)11-8-6-7-9-12(11)20-3/h6-10H,5H2,1-4H3,(H,16,17,18). The molecule has 0 unspecified atom stereocenters. The van der Waals surface area contributed by atoms with E-state index in [1.807, 2.05) is 43.1 Å². The van der Waals surface area contributed by atoms with Crippen molar-refractivity contribution in [1.29, 1.82) is 0 Å². The Kier molecular flexibility index (Phi) is 4.81. The van der Waals surface area contributed by atoms with Gasteiger partial charge in [0.2, 0.25) is 5.75 Å². The fourth-order valence-electron chi connectivity index (χ4n) is 2.11. The van der Waals surface area contributed by atoms with Crippen LogP contribution >= 0.6 is 0 Å². The highest BCUT2D eigenvalue weighted by Crippen LogP contribution is 2.38. The average molecular weight is 288 g/mol. The first-order chi connectivity index (χ1) is 10.2. The smallest absolute Gasteiger partial charge is 0.204 e. The van der Waals surface area contributed by atoms with Crippen LogP contribution in [-0.2, 0) is 0 Å². The van der Waals surface area contributed by atoms with E-state index >= 15 is 0 Å². The summed E-state index contributed by atoms with van der Waals surface area (Å²) < 4.78 is 10.9. The van der Waals surface area contributed by atoms with Crippen molar-refractivity contribution in [2.24, 2.45) is 0 Å². The van der Waals surface area contributed by atoms with E-state index in [9.17, 15) is 0 Å². The summed E-state index contributed by atoms with van der Waals surface area (Å²) in [5.41, 5.74) is 0.902. The van der Waals surface area contributed by atoms with Crippen LogP contribution in [0, 0.1) is 0 Å². The zero-order chi connectivity index (χ0) is 15.2. The van der Waals surface area contributed by atoms with Gasteiger partial charge in [-0.1, -0.05) is 12.1 Å². The van der Waals surface area contributed by atoms with Crippen LogP contribution in [0.3, 0.4) is 0 Å². The Labute approximate surface area is 124 Å². The minimum atomic E-state index is 0.604. The molecular formula is C15H20N4O2. The Bertz CT molecular complexity index is 604. The van der Waals surface area contributed by atoms with Gasteiger partial charge in [-0.15, -0.1) is 0 Å². The highest BCUT2D eigenvalue weighted by Gasteiger charge is 2.18. The van der Waals surface area contributed by atoms with E-state index in [0.29, 0.717) is 17.4 Å². The average Bonchev–Trinajstić information content (AvgIpc) is 2.54. The van der Waals surface area contributed by atoms with Gasteiger partial charge in [-0.05, 0) is 19.1 Å². The maximum atomic E-state index is 5.48. The molecule has 0 saturated heterocycles. The third-order valence-electron chi connectivity index (χ3n) is 3.10. The molecule has 0 aliphatic rings. The lowest BCUT2D eigenvalue weighted by Gasteiger charge is -2.23. The molecule has 0 amide bonds. The molecule has 21 heavy (non-hydrogen) atoms. The third-order valence-corrected chi connectivity index (χ3v) is 3.10. The molecule has 2 aromatic rings. The summed E-state index contributed by atoms with van der Waals surface area (Å²) in [7, 11) is 5.17. The van der Waals surface area contributed by atoms with Crippen LogP contribution < -0.4 is 19.7 Å².